The minimum Gasteiger partial charge on any atom is -0.0651 e. The Morgan fingerprint density at radius 3 is 2.42 bits per heavy atom. The van der Waals surface area contributed by atoms with Gasteiger partial charge in [0.1, 0.15) is 0 Å². The quantitative estimate of drug-likeness (QED) is 0.599. The standard InChI is InChI=1S/C19H22/c1-3-7-14-11-12-18-17-10-6-5-9-15(17)13-19(18)16(14)8-4-2/h5-6,9-12H,3-4,7-8,13H2,1-2H3. The number of hydrogen-bond acceptors (Lipinski definition) is 0. The molecule has 2 aromatic carbocycles. The minimum atomic E-state index is 1.14. The second-order valence-corrected chi connectivity index (χ2v) is 5.56. The molecule has 0 radical (unpaired) electrons. The first kappa shape index (κ1) is 12.5. The molecule has 0 N–H and O–H groups in total. The van der Waals surface area contributed by atoms with Crippen LogP contribution in [-0.2, 0) is 19.3 Å². The lowest BCUT2D eigenvalue weighted by Gasteiger charge is -2.14. The highest BCUT2D eigenvalue weighted by Gasteiger charge is 2.21. The summed E-state index contributed by atoms with van der Waals surface area (Å²) in [5.74, 6) is 0. The molecular weight excluding hydrogens is 228 g/mol. The molecule has 0 aromatic heterocycles. The fourth-order valence-corrected chi connectivity index (χ4v) is 3.39. The Bertz CT molecular complexity index is 593. The zero-order valence-electron chi connectivity index (χ0n) is 12.0. The van der Waals surface area contributed by atoms with Crippen molar-refractivity contribution in [2.75, 3.05) is 0 Å². The number of hydrogen-bond donors (Lipinski definition) is 0. The summed E-state index contributed by atoms with van der Waals surface area (Å²) in [6, 6.07) is 13.6. The molecule has 0 heteroatoms. The van der Waals surface area contributed by atoms with Crippen LogP contribution in [0.1, 0.15) is 48.9 Å². The molecule has 98 valence electrons. The van der Waals surface area contributed by atoms with Crippen molar-refractivity contribution in [3.63, 3.8) is 0 Å². The van der Waals surface area contributed by atoms with Gasteiger partial charge in [-0.1, -0.05) is 63.1 Å². The molecule has 0 fully saturated rings. The molecule has 0 spiro atoms. The maximum Gasteiger partial charge on any atom is -0.00106 e. The Balaban J connectivity index is 2.13. The van der Waals surface area contributed by atoms with E-state index in [1.54, 1.807) is 16.7 Å². The Hall–Kier alpha value is -1.56. The molecule has 3 rings (SSSR count). The average Bonchev–Trinajstić information content (AvgIpc) is 2.81. The molecule has 0 bridgehead atoms. The van der Waals surface area contributed by atoms with Crippen LogP contribution in [0.4, 0.5) is 0 Å². The highest BCUT2D eigenvalue weighted by Crippen LogP contribution is 2.39. The van der Waals surface area contributed by atoms with Gasteiger partial charge in [-0.15, -0.1) is 0 Å². The predicted octanol–water partition coefficient (Wildman–Crippen LogP) is 5.16. The molecule has 0 saturated heterocycles. The van der Waals surface area contributed by atoms with Gasteiger partial charge < -0.3 is 0 Å². The normalized spacial score (nSPS) is 12.3. The monoisotopic (exact) mass is 250 g/mol. The molecular formula is C19H22. The largest absolute Gasteiger partial charge is 0.0651 e. The molecule has 1 aliphatic rings. The van der Waals surface area contributed by atoms with Crippen LogP contribution in [0.2, 0.25) is 0 Å². The first-order valence-corrected chi connectivity index (χ1v) is 7.57. The zero-order chi connectivity index (χ0) is 13.2. The smallest absolute Gasteiger partial charge is 0.00106 e. The zero-order valence-corrected chi connectivity index (χ0v) is 12.0. The van der Waals surface area contributed by atoms with Crippen LogP contribution in [0.5, 0.6) is 0 Å². The lowest BCUT2D eigenvalue weighted by atomic mass is 9.91. The number of benzene rings is 2. The fraction of sp³-hybridized carbons (Fsp3) is 0.368. The van der Waals surface area contributed by atoms with E-state index in [-0.39, 0.29) is 0 Å². The summed E-state index contributed by atoms with van der Waals surface area (Å²) in [5, 5.41) is 0. The highest BCUT2D eigenvalue weighted by molar-refractivity contribution is 5.78. The number of fused-ring (bicyclic) bond motifs is 3. The maximum absolute atomic E-state index is 2.37. The van der Waals surface area contributed by atoms with E-state index in [9.17, 15) is 0 Å². The first-order valence-electron chi connectivity index (χ1n) is 7.57. The van der Waals surface area contributed by atoms with Gasteiger partial charge in [-0.2, -0.15) is 0 Å². The molecule has 0 nitrogen and oxygen atoms in total. The van der Waals surface area contributed by atoms with Gasteiger partial charge in [-0.3, -0.25) is 0 Å². The third-order valence-electron chi connectivity index (χ3n) is 4.22. The molecule has 0 heterocycles. The van der Waals surface area contributed by atoms with Crippen molar-refractivity contribution in [3.8, 4) is 11.1 Å². The number of aryl methyl sites for hydroxylation is 1. The van der Waals surface area contributed by atoms with Gasteiger partial charge >= 0.3 is 0 Å². The van der Waals surface area contributed by atoms with Crippen molar-refractivity contribution < 1.29 is 0 Å². The van der Waals surface area contributed by atoms with E-state index >= 15 is 0 Å². The van der Waals surface area contributed by atoms with Gasteiger partial charge in [0.15, 0.2) is 0 Å². The minimum absolute atomic E-state index is 1.14. The predicted molar refractivity (Wildman–Crippen MR) is 82.7 cm³/mol. The van der Waals surface area contributed by atoms with Crippen molar-refractivity contribution in [3.05, 3.63) is 58.7 Å². The van der Waals surface area contributed by atoms with Crippen LogP contribution >= 0.6 is 0 Å². The van der Waals surface area contributed by atoms with Crippen molar-refractivity contribution in [2.24, 2.45) is 0 Å². The molecule has 2 aromatic rings. The Morgan fingerprint density at radius 2 is 1.63 bits per heavy atom. The van der Waals surface area contributed by atoms with Crippen LogP contribution in [0.15, 0.2) is 36.4 Å². The summed E-state index contributed by atoms with van der Waals surface area (Å²) in [6.45, 7) is 4.56. The summed E-state index contributed by atoms with van der Waals surface area (Å²) in [4.78, 5) is 0. The van der Waals surface area contributed by atoms with Crippen molar-refractivity contribution >= 4 is 0 Å². The third kappa shape index (κ3) is 2.10. The van der Waals surface area contributed by atoms with E-state index in [2.05, 4.69) is 50.2 Å². The molecule has 0 unspecified atom stereocenters. The van der Waals surface area contributed by atoms with Gasteiger partial charge in [0.25, 0.3) is 0 Å². The van der Waals surface area contributed by atoms with E-state index in [1.807, 2.05) is 0 Å². The summed E-state index contributed by atoms with van der Waals surface area (Å²) in [7, 11) is 0. The van der Waals surface area contributed by atoms with Crippen molar-refractivity contribution in [2.45, 2.75) is 46.0 Å². The Kier molecular flexibility index (Phi) is 3.42. The van der Waals surface area contributed by atoms with Gasteiger partial charge in [0.05, 0.1) is 0 Å². The summed E-state index contributed by atoms with van der Waals surface area (Å²) in [5.41, 5.74) is 9.27. The van der Waals surface area contributed by atoms with Crippen LogP contribution in [-0.4, -0.2) is 0 Å². The lowest BCUT2D eigenvalue weighted by molar-refractivity contribution is 0.851. The van der Waals surface area contributed by atoms with Crippen LogP contribution in [0.3, 0.4) is 0 Å². The molecule has 0 atom stereocenters. The molecule has 19 heavy (non-hydrogen) atoms. The summed E-state index contributed by atoms with van der Waals surface area (Å²) < 4.78 is 0. The van der Waals surface area contributed by atoms with E-state index in [0.29, 0.717) is 0 Å². The number of rotatable bonds is 4. The van der Waals surface area contributed by atoms with Crippen LogP contribution < -0.4 is 0 Å². The van der Waals surface area contributed by atoms with E-state index in [0.717, 1.165) is 6.42 Å². The van der Waals surface area contributed by atoms with Gasteiger partial charge in [-0.05, 0) is 52.6 Å². The summed E-state index contributed by atoms with van der Waals surface area (Å²) >= 11 is 0. The van der Waals surface area contributed by atoms with Crippen LogP contribution in [0, 0.1) is 0 Å². The average molecular weight is 250 g/mol. The molecule has 0 aliphatic heterocycles. The van der Waals surface area contributed by atoms with E-state index in [4.69, 9.17) is 0 Å². The van der Waals surface area contributed by atoms with Crippen LogP contribution in [0.25, 0.3) is 11.1 Å². The topological polar surface area (TPSA) is 0 Å². The molecule has 1 aliphatic carbocycles. The first-order chi connectivity index (χ1) is 9.35. The highest BCUT2D eigenvalue weighted by atomic mass is 14.3. The van der Waals surface area contributed by atoms with E-state index < -0.39 is 0 Å². The van der Waals surface area contributed by atoms with Gasteiger partial charge in [-0.25, -0.2) is 0 Å². The van der Waals surface area contributed by atoms with Gasteiger partial charge in [0, 0.05) is 0 Å². The van der Waals surface area contributed by atoms with Crippen molar-refractivity contribution in [1.29, 1.82) is 0 Å². The molecule has 0 amide bonds. The maximum atomic E-state index is 2.37. The lowest BCUT2D eigenvalue weighted by Crippen LogP contribution is -1.99. The summed E-state index contributed by atoms with van der Waals surface area (Å²) in [6.07, 6.45) is 6.07. The van der Waals surface area contributed by atoms with Gasteiger partial charge in [0.2, 0.25) is 0 Å². The fourth-order valence-electron chi connectivity index (χ4n) is 3.39. The second kappa shape index (κ2) is 5.21. The second-order valence-electron chi connectivity index (χ2n) is 5.56. The van der Waals surface area contributed by atoms with E-state index in [1.165, 1.54) is 42.4 Å². The molecule has 0 saturated carbocycles. The Morgan fingerprint density at radius 1 is 0.842 bits per heavy atom. The Labute approximate surface area is 116 Å². The van der Waals surface area contributed by atoms with Crippen molar-refractivity contribution in [1.82, 2.24) is 0 Å². The third-order valence-corrected chi connectivity index (χ3v) is 4.22. The SMILES string of the molecule is CCCc1ccc2c(c1CCC)Cc1ccccc1-2.